The first kappa shape index (κ1) is 37.4. The molecule has 0 amide bonds. The number of rotatable bonds is 0. The third-order valence-corrected chi connectivity index (χ3v) is 0. The molecule has 4 heteroatoms. The van der Waals surface area contributed by atoms with Crippen molar-refractivity contribution in [1.29, 1.82) is 0 Å². The molecule has 4 heavy (non-hydrogen) atoms. The molecule has 0 nitrogen and oxygen atoms in total. The zero-order valence-electron chi connectivity index (χ0n) is 1.80. The zero-order valence-corrected chi connectivity index (χ0v) is 7.10. The van der Waals surface area contributed by atoms with Gasteiger partial charge in [0.1, 0.15) is 0 Å². The van der Waals surface area contributed by atoms with Crippen molar-refractivity contribution in [1.82, 2.24) is 0 Å². The number of hydrogen-bond donors (Lipinski definition) is 0. The quantitative estimate of drug-likeness (QED) is 0.392. The standard InChI is InChI=1S/Al.Fe.Nb.H3Si.3H/h;;;1H3;;;. The smallest absolute Gasteiger partial charge is 0.0125 e. The first-order chi connectivity index (χ1) is 0. The first-order valence-corrected chi connectivity index (χ1v) is 0. The molecule has 0 aromatic heterocycles. The molecule has 0 fully saturated rings. The van der Waals surface area contributed by atoms with Crippen LogP contribution in [-0.2, 0) is 39.4 Å². The van der Waals surface area contributed by atoms with Gasteiger partial charge < -0.3 is 0 Å². The monoisotopic (exact) mass is 210 g/mol. The molecule has 0 aromatic rings. The number of hydrogen-bond acceptors (Lipinski definition) is 0. The van der Waals surface area contributed by atoms with Crippen LogP contribution < -0.4 is 0 Å². The van der Waals surface area contributed by atoms with E-state index in [4.69, 9.17) is 0 Å². The van der Waals surface area contributed by atoms with Crippen LogP contribution in [0.3, 0.4) is 0 Å². The van der Waals surface area contributed by atoms with Gasteiger partial charge >= 0.3 is 0 Å². The molecule has 0 saturated carbocycles. The van der Waals surface area contributed by atoms with Crippen LogP contribution in [0.1, 0.15) is 0 Å². The summed E-state index contributed by atoms with van der Waals surface area (Å²) in [6, 6.07) is 0. The molecule has 0 atom stereocenters. The van der Waals surface area contributed by atoms with E-state index in [9.17, 15) is 0 Å². The van der Waals surface area contributed by atoms with Crippen molar-refractivity contribution in [2.24, 2.45) is 0 Å². The molecule has 0 N–H and O–H groups in total. The maximum atomic E-state index is 0. The second-order valence-corrected chi connectivity index (χ2v) is 0. The molecule has 0 aliphatic carbocycles. The van der Waals surface area contributed by atoms with Crippen LogP contribution in [-0.4, -0.2) is 28.3 Å². The van der Waals surface area contributed by atoms with Gasteiger partial charge in [-0.1, -0.05) is 0 Å². The van der Waals surface area contributed by atoms with Gasteiger partial charge in [-0.05, 0) is 11.0 Å². The first-order valence-electron chi connectivity index (χ1n) is 0. The van der Waals surface area contributed by atoms with E-state index in [1.54, 1.807) is 0 Å². The van der Waals surface area contributed by atoms with Crippen LogP contribution in [0, 0.1) is 0 Å². The van der Waals surface area contributed by atoms with Crippen molar-refractivity contribution < 1.29 is 39.4 Å². The third kappa shape index (κ3) is 8.99. The van der Waals surface area contributed by atoms with Gasteiger partial charge in [0, 0.05) is 39.4 Å². The minimum absolute atomic E-state index is 0. The summed E-state index contributed by atoms with van der Waals surface area (Å²) in [5.74, 6) is 0. The Morgan fingerprint density at radius 3 is 1.00 bits per heavy atom. The molecule has 2 radical (unpaired) electrons. The average molecular weight is 210 g/mol. The van der Waals surface area contributed by atoms with E-state index < -0.39 is 0 Å². The van der Waals surface area contributed by atoms with Crippen LogP contribution in [0.2, 0.25) is 0 Å². The van der Waals surface area contributed by atoms with E-state index in [1.165, 1.54) is 0 Å². The largest absolute Gasteiger partial charge is 0.187 e. The Balaban J connectivity index is 0. The second kappa shape index (κ2) is 19.9. The molecule has 0 spiro atoms. The van der Waals surface area contributed by atoms with Crippen molar-refractivity contribution in [3.8, 4) is 0 Å². The summed E-state index contributed by atoms with van der Waals surface area (Å²) < 4.78 is 0. The summed E-state index contributed by atoms with van der Waals surface area (Å²) in [6.07, 6.45) is 0. The molecular formula is H6AlFeNbSi. The Morgan fingerprint density at radius 1 is 1.00 bits per heavy atom. The summed E-state index contributed by atoms with van der Waals surface area (Å²) in [4.78, 5) is 0. The average Bonchev–Trinajstić information content (AvgIpc) is 0. The van der Waals surface area contributed by atoms with Gasteiger partial charge in [-0.25, -0.2) is 0 Å². The minimum atomic E-state index is 0. The Kier molecular flexibility index (Phi) is 186. The molecule has 0 saturated heterocycles. The minimum Gasteiger partial charge on any atom is -0.0125 e. The fourth-order valence-electron chi connectivity index (χ4n) is 0. The predicted molar refractivity (Wildman–Crippen MR) is 19.9 cm³/mol. The fourth-order valence-corrected chi connectivity index (χ4v) is 0. The molecule has 0 rings (SSSR count). The van der Waals surface area contributed by atoms with Crippen LogP contribution >= 0.6 is 0 Å². The molecule has 0 aliphatic heterocycles. The van der Waals surface area contributed by atoms with Crippen molar-refractivity contribution in [2.45, 2.75) is 0 Å². The summed E-state index contributed by atoms with van der Waals surface area (Å²) in [7, 11) is 0. The van der Waals surface area contributed by atoms with Crippen LogP contribution in [0.15, 0.2) is 0 Å². The summed E-state index contributed by atoms with van der Waals surface area (Å²) in [6.45, 7) is 0. The molecule has 0 aliphatic rings. The van der Waals surface area contributed by atoms with Gasteiger partial charge in [-0.3, -0.25) is 0 Å². The van der Waals surface area contributed by atoms with Gasteiger partial charge in [0.2, 0.25) is 0 Å². The van der Waals surface area contributed by atoms with E-state index in [0.29, 0.717) is 0 Å². The Labute approximate surface area is 67.2 Å². The molecule has 0 unspecified atom stereocenters. The van der Waals surface area contributed by atoms with Crippen LogP contribution in [0.4, 0.5) is 0 Å². The van der Waals surface area contributed by atoms with E-state index >= 15 is 0 Å². The second-order valence-electron chi connectivity index (χ2n) is 0. The summed E-state index contributed by atoms with van der Waals surface area (Å²) >= 11 is 0. The predicted octanol–water partition coefficient (Wildman–Crippen LogP) is -2.37. The fraction of sp³-hybridized carbons (Fsp3) is 0. The van der Waals surface area contributed by atoms with Gasteiger partial charge in [0.25, 0.3) is 0 Å². The normalized spacial score (nSPS) is 0. The summed E-state index contributed by atoms with van der Waals surface area (Å²) in [5, 5.41) is 0. The third-order valence-electron chi connectivity index (χ3n) is 0. The van der Waals surface area contributed by atoms with E-state index in [0.717, 1.165) is 0 Å². The SMILES string of the molecule is [AlH3].[Fe].[Nb].[SiH3]. The zero-order chi connectivity index (χ0) is 0. The molecule has 26 valence electrons. The van der Waals surface area contributed by atoms with Crippen LogP contribution in [0.5, 0.6) is 0 Å². The topological polar surface area (TPSA) is 0 Å². The van der Waals surface area contributed by atoms with Gasteiger partial charge in [-0.2, -0.15) is 0 Å². The maximum absolute atomic E-state index is 0. The van der Waals surface area contributed by atoms with Crippen molar-refractivity contribution in [3.63, 3.8) is 0 Å². The van der Waals surface area contributed by atoms with Crippen molar-refractivity contribution in [2.75, 3.05) is 0 Å². The van der Waals surface area contributed by atoms with Crippen molar-refractivity contribution >= 4 is 28.3 Å². The van der Waals surface area contributed by atoms with Gasteiger partial charge in [0.05, 0.1) is 0 Å². The Bertz CT molecular complexity index is 8.00. The molecule has 0 aromatic carbocycles. The van der Waals surface area contributed by atoms with Crippen molar-refractivity contribution in [3.05, 3.63) is 0 Å². The van der Waals surface area contributed by atoms with E-state index in [1.807, 2.05) is 0 Å². The molecule has 0 bridgehead atoms. The van der Waals surface area contributed by atoms with E-state index in [2.05, 4.69) is 0 Å². The van der Waals surface area contributed by atoms with Crippen LogP contribution in [0.25, 0.3) is 0 Å². The van der Waals surface area contributed by atoms with E-state index in [-0.39, 0.29) is 67.8 Å². The molecule has 0 heterocycles. The Hall–Kier alpha value is 2.01. The Morgan fingerprint density at radius 2 is 1.00 bits per heavy atom. The summed E-state index contributed by atoms with van der Waals surface area (Å²) in [5.41, 5.74) is 0. The van der Waals surface area contributed by atoms with Gasteiger partial charge in [-0.15, -0.1) is 0 Å². The van der Waals surface area contributed by atoms with Gasteiger partial charge in [0.15, 0.2) is 17.4 Å². The maximum Gasteiger partial charge on any atom is 0.187 e. The molecular weight excluding hydrogens is 204 g/mol.